The van der Waals surface area contributed by atoms with Crippen molar-refractivity contribution in [3.05, 3.63) is 41.6 Å². The molecule has 0 saturated carbocycles. The highest BCUT2D eigenvalue weighted by atomic mass is 16.3. The first kappa shape index (κ1) is 17.1. The normalized spacial score (nSPS) is 23.2. The van der Waals surface area contributed by atoms with Crippen LogP contribution in [0.25, 0.3) is 0 Å². The van der Waals surface area contributed by atoms with Crippen LogP contribution in [0.2, 0.25) is 0 Å². The van der Waals surface area contributed by atoms with Crippen LogP contribution in [-0.4, -0.2) is 46.5 Å². The lowest BCUT2D eigenvalue weighted by Crippen LogP contribution is -2.56. The molecule has 2 aromatic rings. The number of carbonyl (C=O) groups is 1. The number of hydrogen-bond acceptors (Lipinski definition) is 5. The third-order valence-electron chi connectivity index (χ3n) is 5.60. The minimum absolute atomic E-state index is 0.287. The summed E-state index contributed by atoms with van der Waals surface area (Å²) in [6.45, 7) is 6.52. The van der Waals surface area contributed by atoms with Crippen molar-refractivity contribution >= 4 is 11.9 Å². The Morgan fingerprint density at radius 3 is 2.88 bits per heavy atom. The number of rotatable bonds is 4. The summed E-state index contributed by atoms with van der Waals surface area (Å²) in [5.41, 5.74) is 0.992. The molecule has 0 unspecified atom stereocenters. The van der Waals surface area contributed by atoms with Crippen LogP contribution in [0, 0.1) is 19.8 Å². The number of anilines is 1. The average molecular weight is 354 g/mol. The molecule has 2 aromatic heterocycles. The summed E-state index contributed by atoms with van der Waals surface area (Å²) < 4.78 is 5.67. The van der Waals surface area contributed by atoms with Crippen LogP contribution >= 0.6 is 0 Å². The summed E-state index contributed by atoms with van der Waals surface area (Å²) in [5.74, 6) is 3.48. The molecule has 0 aromatic carbocycles. The van der Waals surface area contributed by atoms with E-state index < -0.39 is 0 Å². The van der Waals surface area contributed by atoms with Crippen LogP contribution < -0.4 is 4.90 Å². The Balaban J connectivity index is 1.43. The molecule has 4 heterocycles. The van der Waals surface area contributed by atoms with E-state index in [4.69, 9.17) is 4.42 Å². The molecule has 2 aliphatic heterocycles. The molecule has 0 bridgehead atoms. The second-order valence-corrected chi connectivity index (χ2v) is 7.45. The maximum absolute atomic E-state index is 12.5. The molecule has 2 atom stereocenters. The number of amides is 1. The maximum atomic E-state index is 12.5. The van der Waals surface area contributed by atoms with E-state index in [1.54, 1.807) is 0 Å². The molecule has 1 amide bonds. The van der Waals surface area contributed by atoms with E-state index >= 15 is 0 Å². The topological polar surface area (TPSA) is 62.5 Å². The van der Waals surface area contributed by atoms with Gasteiger partial charge in [-0.25, -0.2) is 9.97 Å². The van der Waals surface area contributed by atoms with Crippen LogP contribution in [0.5, 0.6) is 0 Å². The molecule has 2 saturated heterocycles. The lowest BCUT2D eigenvalue weighted by atomic mass is 9.83. The minimum atomic E-state index is 0.287. The highest BCUT2D eigenvalue weighted by Crippen LogP contribution is 2.32. The first-order valence-electron chi connectivity index (χ1n) is 9.49. The second-order valence-electron chi connectivity index (χ2n) is 7.45. The van der Waals surface area contributed by atoms with Gasteiger partial charge in [0.15, 0.2) is 0 Å². The Morgan fingerprint density at radius 1 is 1.23 bits per heavy atom. The quantitative estimate of drug-likeness (QED) is 0.845. The number of hydrogen-bond donors (Lipinski definition) is 0. The molecule has 6 nitrogen and oxygen atoms in total. The highest BCUT2D eigenvalue weighted by molar-refractivity contribution is 5.77. The zero-order valence-corrected chi connectivity index (χ0v) is 15.5. The van der Waals surface area contributed by atoms with E-state index in [0.717, 1.165) is 62.1 Å². The third-order valence-corrected chi connectivity index (χ3v) is 5.60. The van der Waals surface area contributed by atoms with E-state index in [0.29, 0.717) is 18.4 Å². The van der Waals surface area contributed by atoms with Gasteiger partial charge in [-0.05, 0) is 50.8 Å². The SMILES string of the molecule is Cc1ccnc(N2CC[C@@H]3[C@@H](CCC(=O)N3CCc3ccc(C)o3)C2)n1. The van der Waals surface area contributed by atoms with Crippen LogP contribution in [0.4, 0.5) is 5.95 Å². The van der Waals surface area contributed by atoms with Gasteiger partial charge in [-0.15, -0.1) is 0 Å². The summed E-state index contributed by atoms with van der Waals surface area (Å²) in [6.07, 6.45) is 5.19. The van der Waals surface area contributed by atoms with E-state index in [2.05, 4.69) is 19.8 Å². The Kier molecular flexibility index (Phi) is 4.66. The molecular formula is C20H26N4O2. The fourth-order valence-electron chi connectivity index (χ4n) is 4.26. The van der Waals surface area contributed by atoms with Crippen LogP contribution in [-0.2, 0) is 11.2 Å². The Bertz CT molecular complexity index is 788. The van der Waals surface area contributed by atoms with Gasteiger partial charge in [0.05, 0.1) is 0 Å². The number of piperidine rings is 2. The van der Waals surface area contributed by atoms with Crippen molar-refractivity contribution in [2.75, 3.05) is 24.5 Å². The molecule has 0 N–H and O–H groups in total. The van der Waals surface area contributed by atoms with Gasteiger partial charge in [-0.1, -0.05) is 0 Å². The fraction of sp³-hybridized carbons (Fsp3) is 0.550. The van der Waals surface area contributed by atoms with Gasteiger partial charge in [0.25, 0.3) is 0 Å². The predicted octanol–water partition coefficient (Wildman–Crippen LogP) is 2.75. The second kappa shape index (κ2) is 7.09. The third kappa shape index (κ3) is 3.45. The van der Waals surface area contributed by atoms with Crippen LogP contribution in [0.3, 0.4) is 0 Å². The van der Waals surface area contributed by atoms with Crippen molar-refractivity contribution in [3.8, 4) is 0 Å². The molecule has 4 rings (SSSR count). The fourth-order valence-corrected chi connectivity index (χ4v) is 4.26. The monoisotopic (exact) mass is 354 g/mol. The number of aryl methyl sites for hydroxylation is 2. The molecule has 0 radical (unpaired) electrons. The summed E-state index contributed by atoms with van der Waals surface area (Å²) >= 11 is 0. The van der Waals surface area contributed by atoms with Crippen molar-refractivity contribution < 1.29 is 9.21 Å². The standard InChI is InChI=1S/C20H26N4O2/c1-14-7-10-21-20(22-14)23-11-9-18-16(13-23)4-6-19(25)24(18)12-8-17-5-3-15(2)26-17/h3,5,7,10,16,18H,4,6,8-9,11-13H2,1-2H3/t16-,18+/m0/s1. The first-order valence-corrected chi connectivity index (χ1v) is 9.49. The summed E-state index contributed by atoms with van der Waals surface area (Å²) in [4.78, 5) is 25.9. The van der Waals surface area contributed by atoms with Gasteiger partial charge in [0, 0.05) is 50.4 Å². The summed E-state index contributed by atoms with van der Waals surface area (Å²) in [7, 11) is 0. The Morgan fingerprint density at radius 2 is 2.12 bits per heavy atom. The molecule has 2 aliphatic rings. The molecule has 6 heteroatoms. The van der Waals surface area contributed by atoms with Gasteiger partial charge in [0.1, 0.15) is 11.5 Å². The van der Waals surface area contributed by atoms with Gasteiger partial charge in [-0.2, -0.15) is 0 Å². The van der Waals surface area contributed by atoms with Gasteiger partial charge in [-0.3, -0.25) is 4.79 Å². The summed E-state index contributed by atoms with van der Waals surface area (Å²) in [6, 6.07) is 6.25. The molecular weight excluding hydrogens is 328 g/mol. The molecule has 26 heavy (non-hydrogen) atoms. The lowest BCUT2D eigenvalue weighted by molar-refractivity contribution is -0.139. The maximum Gasteiger partial charge on any atom is 0.225 e. The van der Waals surface area contributed by atoms with E-state index in [1.807, 2.05) is 38.2 Å². The minimum Gasteiger partial charge on any atom is -0.466 e. The van der Waals surface area contributed by atoms with Gasteiger partial charge >= 0.3 is 0 Å². The van der Waals surface area contributed by atoms with Crippen molar-refractivity contribution in [3.63, 3.8) is 0 Å². The van der Waals surface area contributed by atoms with Crippen LogP contribution in [0.1, 0.15) is 36.5 Å². The van der Waals surface area contributed by atoms with E-state index in [-0.39, 0.29) is 5.91 Å². The Labute approximate surface area is 154 Å². The first-order chi connectivity index (χ1) is 12.6. The molecule has 0 aliphatic carbocycles. The number of fused-ring (bicyclic) bond motifs is 1. The molecule has 138 valence electrons. The number of aromatic nitrogens is 2. The molecule has 0 spiro atoms. The number of furan rings is 1. The van der Waals surface area contributed by atoms with Crippen LogP contribution in [0.15, 0.2) is 28.8 Å². The highest BCUT2D eigenvalue weighted by Gasteiger charge is 2.39. The van der Waals surface area contributed by atoms with Crippen molar-refractivity contribution in [1.82, 2.24) is 14.9 Å². The van der Waals surface area contributed by atoms with E-state index in [1.165, 1.54) is 0 Å². The van der Waals surface area contributed by atoms with Crippen molar-refractivity contribution in [2.45, 2.75) is 45.6 Å². The van der Waals surface area contributed by atoms with E-state index in [9.17, 15) is 4.79 Å². The zero-order chi connectivity index (χ0) is 18.1. The van der Waals surface area contributed by atoms with Crippen molar-refractivity contribution in [2.24, 2.45) is 5.92 Å². The molecule has 2 fully saturated rings. The lowest BCUT2D eigenvalue weighted by Gasteiger charge is -2.47. The number of likely N-dealkylation sites (tertiary alicyclic amines) is 1. The zero-order valence-electron chi connectivity index (χ0n) is 15.5. The van der Waals surface area contributed by atoms with Gasteiger partial charge in [0.2, 0.25) is 11.9 Å². The Hall–Kier alpha value is -2.37. The van der Waals surface area contributed by atoms with Crippen molar-refractivity contribution in [1.29, 1.82) is 0 Å². The predicted molar refractivity (Wildman–Crippen MR) is 99.0 cm³/mol. The van der Waals surface area contributed by atoms with Gasteiger partial charge < -0.3 is 14.2 Å². The largest absolute Gasteiger partial charge is 0.466 e. The summed E-state index contributed by atoms with van der Waals surface area (Å²) in [5, 5.41) is 0. The average Bonchev–Trinajstić information content (AvgIpc) is 3.06. The smallest absolute Gasteiger partial charge is 0.225 e. The number of nitrogens with zero attached hydrogens (tertiary/aromatic N) is 4. The number of carbonyl (C=O) groups excluding carboxylic acids is 1.